The van der Waals surface area contributed by atoms with Gasteiger partial charge in [-0.25, -0.2) is 0 Å². The molecule has 0 saturated carbocycles. The molecule has 1 aliphatic rings. The van der Waals surface area contributed by atoms with Gasteiger partial charge in [0, 0.05) is 38.6 Å². The molecule has 26 heavy (non-hydrogen) atoms. The van der Waals surface area contributed by atoms with Gasteiger partial charge in [0.15, 0.2) is 0 Å². The van der Waals surface area contributed by atoms with Crippen molar-refractivity contribution in [3.63, 3.8) is 0 Å². The lowest BCUT2D eigenvalue weighted by molar-refractivity contribution is 0.0533. The van der Waals surface area contributed by atoms with Crippen LogP contribution in [-0.2, 0) is 0 Å². The Labute approximate surface area is 153 Å². The summed E-state index contributed by atoms with van der Waals surface area (Å²) < 4.78 is 5.44. The first-order valence-corrected chi connectivity index (χ1v) is 8.65. The van der Waals surface area contributed by atoms with Gasteiger partial charge in [0.25, 0.3) is 11.8 Å². The van der Waals surface area contributed by atoms with Crippen LogP contribution in [-0.4, -0.2) is 59.9 Å². The van der Waals surface area contributed by atoms with Crippen molar-refractivity contribution < 1.29 is 14.3 Å². The van der Waals surface area contributed by atoms with Crippen molar-refractivity contribution in [2.75, 3.05) is 33.3 Å². The summed E-state index contributed by atoms with van der Waals surface area (Å²) in [4.78, 5) is 33.0. The molecule has 2 heterocycles. The van der Waals surface area contributed by atoms with E-state index in [1.165, 1.54) is 0 Å². The van der Waals surface area contributed by atoms with E-state index in [1.807, 2.05) is 26.0 Å². The highest BCUT2D eigenvalue weighted by molar-refractivity contribution is 5.98. The molecule has 2 aromatic rings. The Balaban J connectivity index is 1.71. The SMILES string of the molecule is COc1c(C)cc(C)cc1C(=O)N1CCN(C(=O)c2cccnc2)CC1. The maximum atomic E-state index is 13.0. The van der Waals surface area contributed by atoms with Crippen molar-refractivity contribution in [3.05, 3.63) is 58.9 Å². The van der Waals surface area contributed by atoms with E-state index in [0.29, 0.717) is 43.1 Å². The third-order valence-corrected chi connectivity index (χ3v) is 4.62. The van der Waals surface area contributed by atoms with Crippen LogP contribution >= 0.6 is 0 Å². The van der Waals surface area contributed by atoms with E-state index in [4.69, 9.17) is 4.74 Å². The number of aromatic nitrogens is 1. The fourth-order valence-electron chi connectivity index (χ4n) is 3.34. The zero-order valence-electron chi connectivity index (χ0n) is 15.4. The number of carbonyl (C=O) groups excluding carboxylic acids is 2. The molecule has 3 rings (SSSR count). The second-order valence-corrected chi connectivity index (χ2v) is 6.49. The molecule has 0 radical (unpaired) electrons. The second-order valence-electron chi connectivity index (χ2n) is 6.49. The van der Waals surface area contributed by atoms with Crippen molar-refractivity contribution in [3.8, 4) is 5.75 Å². The summed E-state index contributed by atoms with van der Waals surface area (Å²) in [5.74, 6) is 0.519. The van der Waals surface area contributed by atoms with Gasteiger partial charge in [-0.05, 0) is 43.2 Å². The van der Waals surface area contributed by atoms with Crippen LogP contribution in [0.3, 0.4) is 0 Å². The van der Waals surface area contributed by atoms with Gasteiger partial charge < -0.3 is 14.5 Å². The number of benzene rings is 1. The maximum Gasteiger partial charge on any atom is 0.257 e. The molecule has 1 aromatic carbocycles. The van der Waals surface area contributed by atoms with Gasteiger partial charge in [-0.15, -0.1) is 0 Å². The Morgan fingerprint density at radius 1 is 1.04 bits per heavy atom. The number of methoxy groups -OCH3 is 1. The Morgan fingerprint density at radius 2 is 1.69 bits per heavy atom. The summed E-state index contributed by atoms with van der Waals surface area (Å²) in [7, 11) is 1.58. The number of hydrogen-bond donors (Lipinski definition) is 0. The molecular formula is C20H23N3O3. The Bertz CT molecular complexity index is 813. The van der Waals surface area contributed by atoms with Crippen LogP contribution in [0, 0.1) is 13.8 Å². The zero-order valence-corrected chi connectivity index (χ0v) is 15.4. The predicted octanol–water partition coefficient (Wildman–Crippen LogP) is 2.31. The lowest BCUT2D eigenvalue weighted by Gasteiger charge is -2.35. The average molecular weight is 353 g/mol. The van der Waals surface area contributed by atoms with E-state index in [2.05, 4.69) is 4.98 Å². The quantitative estimate of drug-likeness (QED) is 0.849. The van der Waals surface area contributed by atoms with Crippen LogP contribution < -0.4 is 4.74 Å². The minimum Gasteiger partial charge on any atom is -0.496 e. The van der Waals surface area contributed by atoms with Gasteiger partial charge in [-0.1, -0.05) is 6.07 Å². The van der Waals surface area contributed by atoms with Crippen molar-refractivity contribution in [2.24, 2.45) is 0 Å². The first-order chi connectivity index (χ1) is 12.5. The zero-order chi connectivity index (χ0) is 18.7. The largest absolute Gasteiger partial charge is 0.496 e. The number of ether oxygens (including phenoxy) is 1. The third kappa shape index (κ3) is 3.54. The van der Waals surface area contributed by atoms with Crippen LogP contribution in [0.4, 0.5) is 0 Å². The highest BCUT2D eigenvalue weighted by Gasteiger charge is 2.27. The summed E-state index contributed by atoms with van der Waals surface area (Å²) in [6.07, 6.45) is 3.21. The first-order valence-electron chi connectivity index (χ1n) is 8.65. The standard InChI is InChI=1S/C20H23N3O3/c1-14-11-15(2)18(26-3)17(12-14)20(25)23-9-7-22(8-10-23)19(24)16-5-4-6-21-13-16/h4-6,11-13H,7-10H2,1-3H3. The molecule has 1 fully saturated rings. The van der Waals surface area contributed by atoms with Crippen molar-refractivity contribution in [1.82, 2.24) is 14.8 Å². The number of amides is 2. The number of carbonyl (C=O) groups is 2. The summed E-state index contributed by atoms with van der Waals surface area (Å²) >= 11 is 0. The summed E-state index contributed by atoms with van der Waals surface area (Å²) in [6.45, 7) is 5.92. The van der Waals surface area contributed by atoms with Crippen molar-refractivity contribution in [1.29, 1.82) is 0 Å². The van der Waals surface area contributed by atoms with Gasteiger partial charge in [-0.3, -0.25) is 14.6 Å². The molecule has 0 N–H and O–H groups in total. The monoisotopic (exact) mass is 353 g/mol. The molecule has 0 aliphatic carbocycles. The van der Waals surface area contributed by atoms with Gasteiger partial charge in [0.1, 0.15) is 5.75 Å². The lowest BCUT2D eigenvalue weighted by Crippen LogP contribution is -2.50. The Morgan fingerprint density at radius 3 is 2.27 bits per heavy atom. The molecule has 6 heteroatoms. The summed E-state index contributed by atoms with van der Waals surface area (Å²) in [5.41, 5.74) is 3.12. The first kappa shape index (κ1) is 17.9. The molecular weight excluding hydrogens is 330 g/mol. The lowest BCUT2D eigenvalue weighted by atomic mass is 10.0. The van der Waals surface area contributed by atoms with Crippen LogP contribution in [0.15, 0.2) is 36.7 Å². The van der Waals surface area contributed by atoms with E-state index in [-0.39, 0.29) is 11.8 Å². The minimum absolute atomic E-state index is 0.0471. The van der Waals surface area contributed by atoms with E-state index in [9.17, 15) is 9.59 Å². The number of nitrogens with zero attached hydrogens (tertiary/aromatic N) is 3. The van der Waals surface area contributed by atoms with Gasteiger partial charge in [0.2, 0.25) is 0 Å². The number of piperazine rings is 1. The molecule has 136 valence electrons. The third-order valence-electron chi connectivity index (χ3n) is 4.62. The fourth-order valence-corrected chi connectivity index (χ4v) is 3.34. The maximum absolute atomic E-state index is 13.0. The van der Waals surface area contributed by atoms with E-state index in [1.54, 1.807) is 41.4 Å². The van der Waals surface area contributed by atoms with E-state index in [0.717, 1.165) is 11.1 Å². The topological polar surface area (TPSA) is 62.7 Å². The highest BCUT2D eigenvalue weighted by atomic mass is 16.5. The molecule has 1 saturated heterocycles. The number of pyridine rings is 1. The van der Waals surface area contributed by atoms with E-state index >= 15 is 0 Å². The Kier molecular flexibility index (Phi) is 5.21. The summed E-state index contributed by atoms with van der Waals surface area (Å²) in [6, 6.07) is 7.37. The van der Waals surface area contributed by atoms with E-state index < -0.39 is 0 Å². The van der Waals surface area contributed by atoms with Crippen LogP contribution in [0.1, 0.15) is 31.8 Å². The number of rotatable bonds is 3. The van der Waals surface area contributed by atoms with Crippen LogP contribution in [0.5, 0.6) is 5.75 Å². The fraction of sp³-hybridized carbons (Fsp3) is 0.350. The smallest absolute Gasteiger partial charge is 0.257 e. The molecule has 1 aliphatic heterocycles. The average Bonchev–Trinajstić information content (AvgIpc) is 2.67. The molecule has 0 unspecified atom stereocenters. The van der Waals surface area contributed by atoms with Crippen molar-refractivity contribution >= 4 is 11.8 Å². The number of hydrogen-bond acceptors (Lipinski definition) is 4. The Hall–Kier alpha value is -2.89. The van der Waals surface area contributed by atoms with Crippen LogP contribution in [0.25, 0.3) is 0 Å². The van der Waals surface area contributed by atoms with Gasteiger partial charge in [0.05, 0.1) is 18.2 Å². The second kappa shape index (κ2) is 7.56. The molecule has 6 nitrogen and oxygen atoms in total. The van der Waals surface area contributed by atoms with Crippen molar-refractivity contribution in [2.45, 2.75) is 13.8 Å². The van der Waals surface area contributed by atoms with Gasteiger partial charge >= 0.3 is 0 Å². The minimum atomic E-state index is -0.0536. The van der Waals surface area contributed by atoms with Crippen LogP contribution in [0.2, 0.25) is 0 Å². The number of aryl methyl sites for hydroxylation is 2. The highest BCUT2D eigenvalue weighted by Crippen LogP contribution is 2.26. The normalized spacial score (nSPS) is 14.3. The molecule has 1 aromatic heterocycles. The molecule has 0 atom stereocenters. The molecule has 0 bridgehead atoms. The predicted molar refractivity (Wildman–Crippen MR) is 98.5 cm³/mol. The molecule has 0 spiro atoms. The van der Waals surface area contributed by atoms with Gasteiger partial charge in [-0.2, -0.15) is 0 Å². The summed E-state index contributed by atoms with van der Waals surface area (Å²) in [5, 5.41) is 0. The molecule has 2 amide bonds.